The van der Waals surface area contributed by atoms with Crippen LogP contribution in [0, 0.1) is 19.7 Å². The third-order valence-electron chi connectivity index (χ3n) is 5.41. The number of carbonyl (C=O) groups excluding carboxylic acids is 2. The van der Waals surface area contributed by atoms with E-state index in [0.29, 0.717) is 16.9 Å². The second-order valence-electron chi connectivity index (χ2n) is 7.86. The predicted molar refractivity (Wildman–Crippen MR) is 129 cm³/mol. The summed E-state index contributed by atoms with van der Waals surface area (Å²) in [5.41, 5.74) is 3.56. The zero-order chi connectivity index (χ0) is 24.1. The normalized spacial score (nSPS) is 11.5. The van der Waals surface area contributed by atoms with Crippen LogP contribution in [0.5, 0.6) is 0 Å². The molecule has 0 saturated carbocycles. The lowest BCUT2D eigenvalue weighted by molar-refractivity contribution is -0.117. The van der Waals surface area contributed by atoms with Crippen LogP contribution in [0.15, 0.2) is 91.4 Å². The van der Waals surface area contributed by atoms with Crippen molar-refractivity contribution in [2.24, 2.45) is 0 Å². The number of nitrogens with one attached hydrogen (secondary N) is 1. The summed E-state index contributed by atoms with van der Waals surface area (Å²) < 4.78 is 13.4. The maximum Gasteiger partial charge on any atom is 0.279 e. The first-order valence-electron chi connectivity index (χ1n) is 10.7. The summed E-state index contributed by atoms with van der Waals surface area (Å²) in [5, 5.41) is 2.83. The summed E-state index contributed by atoms with van der Waals surface area (Å²) in [6.07, 6.45) is 4.28. The van der Waals surface area contributed by atoms with Gasteiger partial charge in [0.1, 0.15) is 17.6 Å². The fraction of sp³-hybridized carbons (Fsp3) is 0.111. The zero-order valence-corrected chi connectivity index (χ0v) is 18.8. The predicted octanol–water partition coefficient (Wildman–Crippen LogP) is 5.26. The van der Waals surface area contributed by atoms with Crippen LogP contribution in [0.1, 0.15) is 33.2 Å². The Labute approximate surface area is 197 Å². The molecule has 0 aliphatic heterocycles. The van der Waals surface area contributed by atoms with Crippen LogP contribution in [0.4, 0.5) is 15.8 Å². The summed E-state index contributed by atoms with van der Waals surface area (Å²) in [6.45, 7) is 3.83. The lowest BCUT2D eigenvalue weighted by Crippen LogP contribution is -2.42. The molecule has 6 nitrogen and oxygen atoms in total. The molecule has 2 amide bonds. The highest BCUT2D eigenvalue weighted by Crippen LogP contribution is 2.32. The van der Waals surface area contributed by atoms with Crippen LogP contribution in [0.25, 0.3) is 0 Å². The Kier molecular flexibility index (Phi) is 6.73. The topological polar surface area (TPSA) is 75.2 Å². The summed E-state index contributed by atoms with van der Waals surface area (Å²) in [6, 6.07) is 19.2. The van der Waals surface area contributed by atoms with Gasteiger partial charge in [-0.2, -0.15) is 0 Å². The molecule has 1 N–H and O–H groups in total. The van der Waals surface area contributed by atoms with Crippen LogP contribution in [-0.2, 0) is 4.79 Å². The Morgan fingerprint density at radius 3 is 2.26 bits per heavy atom. The van der Waals surface area contributed by atoms with Crippen molar-refractivity contribution in [1.29, 1.82) is 0 Å². The van der Waals surface area contributed by atoms with Gasteiger partial charge in [-0.3, -0.25) is 19.5 Å². The van der Waals surface area contributed by atoms with Gasteiger partial charge in [-0.1, -0.05) is 42.0 Å². The van der Waals surface area contributed by atoms with E-state index in [9.17, 15) is 14.0 Å². The molecule has 0 saturated heterocycles. The minimum atomic E-state index is -1.02. The van der Waals surface area contributed by atoms with Gasteiger partial charge in [-0.15, -0.1) is 0 Å². The number of amides is 2. The molecule has 0 aliphatic rings. The van der Waals surface area contributed by atoms with E-state index < -0.39 is 23.7 Å². The molecule has 0 aliphatic carbocycles. The maximum atomic E-state index is 13.8. The average molecular weight is 455 g/mol. The molecule has 7 heteroatoms. The molecule has 0 fully saturated rings. The van der Waals surface area contributed by atoms with E-state index in [1.165, 1.54) is 47.8 Å². The highest BCUT2D eigenvalue weighted by Gasteiger charge is 2.35. The van der Waals surface area contributed by atoms with Gasteiger partial charge in [-0.25, -0.2) is 9.37 Å². The highest BCUT2D eigenvalue weighted by atomic mass is 19.1. The monoisotopic (exact) mass is 454 g/mol. The number of anilines is 2. The van der Waals surface area contributed by atoms with Crippen LogP contribution in [0.2, 0.25) is 0 Å². The van der Waals surface area contributed by atoms with Crippen molar-refractivity contribution in [3.8, 4) is 0 Å². The fourth-order valence-electron chi connectivity index (χ4n) is 3.66. The first-order valence-corrected chi connectivity index (χ1v) is 10.7. The van der Waals surface area contributed by atoms with Crippen LogP contribution >= 0.6 is 0 Å². The van der Waals surface area contributed by atoms with Gasteiger partial charge in [0.05, 0.1) is 6.20 Å². The molecule has 0 bridgehead atoms. The Morgan fingerprint density at radius 2 is 1.62 bits per heavy atom. The van der Waals surface area contributed by atoms with E-state index in [1.807, 2.05) is 50.2 Å². The van der Waals surface area contributed by atoms with Gasteiger partial charge >= 0.3 is 0 Å². The van der Waals surface area contributed by atoms with Crippen molar-refractivity contribution in [3.05, 3.63) is 120 Å². The van der Waals surface area contributed by atoms with E-state index in [0.717, 1.165) is 11.1 Å². The quantitative estimate of drug-likeness (QED) is 0.431. The fourth-order valence-corrected chi connectivity index (χ4v) is 3.66. The number of carbonyl (C=O) groups is 2. The zero-order valence-electron chi connectivity index (χ0n) is 18.8. The minimum absolute atomic E-state index is 0.108. The lowest BCUT2D eigenvalue weighted by Gasteiger charge is -2.32. The Balaban J connectivity index is 1.85. The van der Waals surface area contributed by atoms with Crippen molar-refractivity contribution < 1.29 is 14.0 Å². The van der Waals surface area contributed by atoms with Gasteiger partial charge in [0, 0.05) is 23.8 Å². The Bertz CT molecular complexity index is 1290. The number of rotatable bonds is 6. The molecule has 0 radical (unpaired) electrons. The number of benzene rings is 3. The minimum Gasteiger partial charge on any atom is -0.324 e. The first kappa shape index (κ1) is 22.8. The molecule has 34 heavy (non-hydrogen) atoms. The van der Waals surface area contributed by atoms with Gasteiger partial charge in [0.15, 0.2) is 0 Å². The van der Waals surface area contributed by atoms with Crippen LogP contribution in [0.3, 0.4) is 0 Å². The standard InChI is InChI=1S/C27H23FN4O2/c1-18-7-13-22(14-8-18)32(27(34)24-17-29-15-16-30-24)25(23-6-4-3-5-19(23)2)26(33)31-21-11-9-20(28)10-12-21/h3-17,25H,1-2H3,(H,31,33). The summed E-state index contributed by atoms with van der Waals surface area (Å²) >= 11 is 0. The molecular weight excluding hydrogens is 431 g/mol. The second-order valence-corrected chi connectivity index (χ2v) is 7.86. The van der Waals surface area contributed by atoms with Crippen molar-refractivity contribution in [2.45, 2.75) is 19.9 Å². The highest BCUT2D eigenvalue weighted by molar-refractivity contribution is 6.11. The average Bonchev–Trinajstić information content (AvgIpc) is 2.85. The van der Waals surface area contributed by atoms with Gasteiger partial charge in [0.2, 0.25) is 0 Å². The van der Waals surface area contributed by atoms with Crippen molar-refractivity contribution >= 4 is 23.2 Å². The first-order chi connectivity index (χ1) is 16.4. The van der Waals surface area contributed by atoms with E-state index in [1.54, 1.807) is 12.1 Å². The van der Waals surface area contributed by atoms with Crippen molar-refractivity contribution in [2.75, 3.05) is 10.2 Å². The number of hydrogen-bond acceptors (Lipinski definition) is 4. The molecule has 3 aromatic carbocycles. The lowest BCUT2D eigenvalue weighted by atomic mass is 9.97. The van der Waals surface area contributed by atoms with E-state index in [-0.39, 0.29) is 5.69 Å². The number of halogens is 1. The molecule has 4 rings (SSSR count). The van der Waals surface area contributed by atoms with E-state index in [2.05, 4.69) is 15.3 Å². The third-order valence-corrected chi connectivity index (χ3v) is 5.41. The van der Waals surface area contributed by atoms with Gasteiger partial charge in [-0.05, 0) is 61.4 Å². The molecule has 1 heterocycles. The SMILES string of the molecule is Cc1ccc(N(C(=O)c2cnccn2)C(C(=O)Nc2ccc(F)cc2)c2ccccc2C)cc1. The van der Waals surface area contributed by atoms with Crippen molar-refractivity contribution in [1.82, 2.24) is 9.97 Å². The number of hydrogen-bond donors (Lipinski definition) is 1. The van der Waals surface area contributed by atoms with Crippen molar-refractivity contribution in [3.63, 3.8) is 0 Å². The van der Waals surface area contributed by atoms with Gasteiger partial charge in [0.25, 0.3) is 11.8 Å². The van der Waals surface area contributed by atoms with E-state index >= 15 is 0 Å². The van der Waals surface area contributed by atoms with Crippen LogP contribution in [-0.4, -0.2) is 21.8 Å². The molecule has 4 aromatic rings. The second kappa shape index (κ2) is 10.0. The molecule has 1 aromatic heterocycles. The Hall–Kier alpha value is -4.39. The summed E-state index contributed by atoms with van der Waals surface area (Å²) in [5.74, 6) is -1.33. The molecule has 1 unspecified atom stereocenters. The summed E-state index contributed by atoms with van der Waals surface area (Å²) in [4.78, 5) is 37.1. The van der Waals surface area contributed by atoms with Crippen LogP contribution < -0.4 is 10.2 Å². The van der Waals surface area contributed by atoms with Gasteiger partial charge < -0.3 is 5.32 Å². The molecule has 0 spiro atoms. The molecule has 170 valence electrons. The largest absolute Gasteiger partial charge is 0.324 e. The number of aromatic nitrogens is 2. The summed E-state index contributed by atoms with van der Waals surface area (Å²) in [7, 11) is 0. The third kappa shape index (κ3) is 4.99. The van der Waals surface area contributed by atoms with E-state index in [4.69, 9.17) is 0 Å². The molecule has 1 atom stereocenters. The maximum absolute atomic E-state index is 13.8. The molecular formula is C27H23FN4O2. The Morgan fingerprint density at radius 1 is 0.912 bits per heavy atom. The number of aryl methyl sites for hydroxylation is 2. The number of nitrogens with zero attached hydrogens (tertiary/aromatic N) is 3. The smallest absolute Gasteiger partial charge is 0.279 e.